The summed E-state index contributed by atoms with van der Waals surface area (Å²) >= 11 is 0. The van der Waals surface area contributed by atoms with Crippen molar-refractivity contribution in [1.82, 2.24) is 0 Å². The standard InChI is InChI=1S/C27H20FN3O5S/c1-35-27(32)18-10-8-17(9-11-18)23-21(14-29)26(30)36-24-20-4-2-3-5-22(20)31(37(33,34)25(23)24)15-16-6-12-19(28)13-7-16/h2-13,23H,15,30H2,1H3/t23-/m1/s1. The van der Waals surface area contributed by atoms with Crippen molar-refractivity contribution in [2.75, 3.05) is 11.4 Å². The number of methoxy groups -OCH3 is 1. The average molecular weight is 518 g/mol. The molecule has 0 aromatic heterocycles. The van der Waals surface area contributed by atoms with E-state index in [2.05, 4.69) is 0 Å². The number of para-hydroxylation sites is 1. The molecule has 0 fully saturated rings. The highest BCUT2D eigenvalue weighted by atomic mass is 32.2. The van der Waals surface area contributed by atoms with Gasteiger partial charge >= 0.3 is 5.97 Å². The third-order valence-electron chi connectivity index (χ3n) is 6.26. The number of hydrogen-bond acceptors (Lipinski definition) is 7. The van der Waals surface area contributed by atoms with Gasteiger partial charge in [0.1, 0.15) is 22.4 Å². The van der Waals surface area contributed by atoms with E-state index in [-0.39, 0.29) is 34.2 Å². The monoisotopic (exact) mass is 517 g/mol. The first-order valence-electron chi connectivity index (χ1n) is 11.1. The minimum Gasteiger partial charge on any atom is -0.465 e. The zero-order chi connectivity index (χ0) is 26.3. The Hall–Kier alpha value is -4.62. The normalized spacial score (nSPS) is 17.9. The van der Waals surface area contributed by atoms with Crippen molar-refractivity contribution in [2.45, 2.75) is 12.5 Å². The Morgan fingerprint density at radius 3 is 2.43 bits per heavy atom. The first-order valence-corrected chi connectivity index (χ1v) is 12.6. The molecule has 3 aromatic carbocycles. The van der Waals surface area contributed by atoms with Crippen LogP contribution >= 0.6 is 0 Å². The molecule has 0 saturated carbocycles. The Kier molecular flexibility index (Phi) is 5.93. The summed E-state index contributed by atoms with van der Waals surface area (Å²) < 4.78 is 53.7. The van der Waals surface area contributed by atoms with E-state index in [9.17, 15) is 22.9 Å². The number of nitrogens with two attached hydrogens (primary N) is 1. The van der Waals surface area contributed by atoms with Gasteiger partial charge in [-0.2, -0.15) is 5.26 Å². The number of sulfonamides is 1. The maximum Gasteiger partial charge on any atom is 0.337 e. The van der Waals surface area contributed by atoms with Crippen LogP contribution in [0.15, 0.2) is 89.2 Å². The fraction of sp³-hybridized carbons (Fsp3) is 0.111. The molecule has 37 heavy (non-hydrogen) atoms. The lowest BCUT2D eigenvalue weighted by atomic mass is 9.88. The number of esters is 1. The number of ether oxygens (including phenoxy) is 2. The summed E-state index contributed by atoms with van der Waals surface area (Å²) in [5.74, 6) is -2.26. The molecule has 8 nitrogen and oxygen atoms in total. The zero-order valence-corrected chi connectivity index (χ0v) is 20.3. The van der Waals surface area contributed by atoms with Gasteiger partial charge in [0.25, 0.3) is 10.0 Å². The van der Waals surface area contributed by atoms with Crippen LogP contribution in [-0.2, 0) is 26.0 Å². The molecule has 5 rings (SSSR count). The molecular weight excluding hydrogens is 497 g/mol. The van der Waals surface area contributed by atoms with E-state index in [4.69, 9.17) is 15.2 Å². The summed E-state index contributed by atoms with van der Waals surface area (Å²) in [6, 6.07) is 20.4. The number of halogens is 1. The summed E-state index contributed by atoms with van der Waals surface area (Å²) in [4.78, 5) is 11.8. The SMILES string of the molecule is COC(=O)c1ccc([C@@H]2C(C#N)=C(N)OC3=C2S(=O)(=O)N(Cc2ccc(F)cc2)c2ccccc23)cc1. The summed E-state index contributed by atoms with van der Waals surface area (Å²) in [6.07, 6.45) is 0. The predicted molar refractivity (Wildman–Crippen MR) is 133 cm³/mol. The number of anilines is 1. The molecule has 10 heteroatoms. The highest BCUT2D eigenvalue weighted by Crippen LogP contribution is 2.51. The molecule has 186 valence electrons. The highest BCUT2D eigenvalue weighted by molar-refractivity contribution is 7.96. The quantitative estimate of drug-likeness (QED) is 0.516. The third kappa shape index (κ3) is 3.99. The zero-order valence-electron chi connectivity index (χ0n) is 19.5. The number of rotatable bonds is 4. The summed E-state index contributed by atoms with van der Waals surface area (Å²) in [7, 11) is -3.02. The third-order valence-corrected chi connectivity index (χ3v) is 8.15. The molecule has 2 N–H and O–H groups in total. The van der Waals surface area contributed by atoms with E-state index >= 15 is 0 Å². The molecule has 0 amide bonds. The van der Waals surface area contributed by atoms with E-state index in [1.54, 1.807) is 36.4 Å². The molecule has 0 spiro atoms. The van der Waals surface area contributed by atoms with Crippen LogP contribution in [0.25, 0.3) is 5.76 Å². The van der Waals surface area contributed by atoms with Crippen molar-refractivity contribution < 1.29 is 27.1 Å². The van der Waals surface area contributed by atoms with Crippen LogP contribution in [0.4, 0.5) is 10.1 Å². The predicted octanol–water partition coefficient (Wildman–Crippen LogP) is 4.14. The number of benzene rings is 3. The summed E-state index contributed by atoms with van der Waals surface area (Å²) in [6.45, 7) is -0.0779. The van der Waals surface area contributed by atoms with Gasteiger partial charge in [0, 0.05) is 5.56 Å². The molecule has 1 atom stereocenters. The van der Waals surface area contributed by atoms with Gasteiger partial charge in [0.05, 0.1) is 30.8 Å². The van der Waals surface area contributed by atoms with Gasteiger partial charge in [-0.25, -0.2) is 17.6 Å². The van der Waals surface area contributed by atoms with Crippen LogP contribution < -0.4 is 10.0 Å². The Labute approximate surface area is 212 Å². The number of hydrogen-bond donors (Lipinski definition) is 1. The van der Waals surface area contributed by atoms with Crippen LogP contribution in [0.2, 0.25) is 0 Å². The van der Waals surface area contributed by atoms with Crippen molar-refractivity contribution in [3.05, 3.63) is 117 Å². The summed E-state index contributed by atoms with van der Waals surface area (Å²) in [5.41, 5.74) is 8.14. The van der Waals surface area contributed by atoms with Crippen LogP contribution in [0.1, 0.15) is 33.0 Å². The number of fused-ring (bicyclic) bond motifs is 2. The Bertz CT molecular complexity index is 1620. The molecular formula is C27H20FN3O5S. The second-order valence-corrected chi connectivity index (χ2v) is 10.2. The van der Waals surface area contributed by atoms with Crippen LogP contribution in [0.3, 0.4) is 0 Å². The first-order chi connectivity index (χ1) is 17.8. The van der Waals surface area contributed by atoms with Crippen molar-refractivity contribution in [2.24, 2.45) is 5.73 Å². The molecule has 0 bridgehead atoms. The minimum atomic E-state index is -4.28. The van der Waals surface area contributed by atoms with Crippen LogP contribution in [0, 0.1) is 17.1 Å². The molecule has 0 radical (unpaired) electrons. The van der Waals surface area contributed by atoms with E-state index < -0.39 is 27.7 Å². The number of nitrogens with zero attached hydrogens (tertiary/aromatic N) is 2. The number of allylic oxidation sites excluding steroid dienone is 2. The number of nitriles is 1. The molecule has 0 aliphatic carbocycles. The van der Waals surface area contributed by atoms with Crippen molar-refractivity contribution in [1.29, 1.82) is 5.26 Å². The van der Waals surface area contributed by atoms with Gasteiger partial charge in [-0.15, -0.1) is 0 Å². The second kappa shape index (κ2) is 9.11. The average Bonchev–Trinajstić information content (AvgIpc) is 2.91. The molecule has 2 aliphatic heterocycles. The maximum absolute atomic E-state index is 14.2. The van der Waals surface area contributed by atoms with Gasteiger partial charge < -0.3 is 15.2 Å². The van der Waals surface area contributed by atoms with E-state index in [0.29, 0.717) is 22.4 Å². The number of carbonyl (C=O) groups is 1. The van der Waals surface area contributed by atoms with Crippen LogP contribution in [-0.4, -0.2) is 21.5 Å². The minimum absolute atomic E-state index is 0.0319. The lowest BCUT2D eigenvalue weighted by Gasteiger charge is -2.38. The van der Waals surface area contributed by atoms with E-state index in [1.807, 2.05) is 6.07 Å². The fourth-order valence-corrected chi connectivity index (χ4v) is 6.41. The lowest BCUT2D eigenvalue weighted by Crippen LogP contribution is -2.39. The fourth-order valence-electron chi connectivity index (χ4n) is 4.50. The van der Waals surface area contributed by atoms with E-state index in [1.165, 1.54) is 47.8 Å². The largest absolute Gasteiger partial charge is 0.465 e. The molecule has 0 unspecified atom stereocenters. The van der Waals surface area contributed by atoms with Crippen molar-refractivity contribution in [3.8, 4) is 6.07 Å². The van der Waals surface area contributed by atoms with Crippen molar-refractivity contribution in [3.63, 3.8) is 0 Å². The van der Waals surface area contributed by atoms with Crippen molar-refractivity contribution >= 4 is 27.4 Å². The first kappa shape index (κ1) is 24.1. The summed E-state index contributed by atoms with van der Waals surface area (Å²) in [5, 5.41) is 9.95. The lowest BCUT2D eigenvalue weighted by molar-refractivity contribution is 0.0600. The molecule has 2 aliphatic rings. The van der Waals surface area contributed by atoms with Gasteiger partial charge in [0.15, 0.2) is 5.76 Å². The van der Waals surface area contributed by atoms with Crippen LogP contribution in [0.5, 0.6) is 0 Å². The Morgan fingerprint density at radius 1 is 1.11 bits per heavy atom. The smallest absolute Gasteiger partial charge is 0.337 e. The number of carbonyl (C=O) groups excluding carboxylic acids is 1. The van der Waals surface area contributed by atoms with Gasteiger partial charge in [0.2, 0.25) is 5.88 Å². The maximum atomic E-state index is 14.2. The topological polar surface area (TPSA) is 123 Å². The Balaban J connectivity index is 1.71. The van der Waals surface area contributed by atoms with Gasteiger partial charge in [-0.3, -0.25) is 4.31 Å². The molecule has 3 aromatic rings. The second-order valence-electron chi connectivity index (χ2n) is 8.39. The van der Waals surface area contributed by atoms with Gasteiger partial charge in [-0.05, 0) is 47.5 Å². The van der Waals surface area contributed by atoms with Gasteiger partial charge in [-0.1, -0.05) is 36.4 Å². The highest BCUT2D eigenvalue weighted by Gasteiger charge is 2.47. The molecule has 0 saturated heterocycles. The van der Waals surface area contributed by atoms with E-state index in [0.717, 1.165) is 0 Å². The molecule has 2 heterocycles. The Morgan fingerprint density at radius 2 is 1.78 bits per heavy atom.